The number of aliphatic hydroxyl groups is 1. The first kappa shape index (κ1) is 13.3. The van der Waals surface area contributed by atoms with E-state index in [-0.39, 0.29) is 23.8 Å². The predicted octanol–water partition coefficient (Wildman–Crippen LogP) is 0.907. The van der Waals surface area contributed by atoms with E-state index in [0.29, 0.717) is 19.3 Å². The number of aliphatic carboxylic acids is 1. The summed E-state index contributed by atoms with van der Waals surface area (Å²) in [6, 6.07) is -0.143. The molecule has 2 rings (SSSR count). The van der Waals surface area contributed by atoms with E-state index in [2.05, 4.69) is 5.32 Å². The Balaban J connectivity index is 1.83. The molecule has 4 atom stereocenters. The number of carbonyl (C=O) groups is 2. The molecule has 1 amide bonds. The molecule has 2 fully saturated rings. The second-order valence-corrected chi connectivity index (χ2v) is 5.51. The number of carbonyl (C=O) groups excluding carboxylic acids is 1. The van der Waals surface area contributed by atoms with Crippen molar-refractivity contribution in [3.63, 3.8) is 0 Å². The van der Waals surface area contributed by atoms with Gasteiger partial charge in [-0.2, -0.15) is 0 Å². The van der Waals surface area contributed by atoms with Gasteiger partial charge in [-0.3, -0.25) is 9.59 Å². The Hall–Kier alpha value is -1.10. The summed E-state index contributed by atoms with van der Waals surface area (Å²) in [5.74, 6) is -1.45. The summed E-state index contributed by atoms with van der Waals surface area (Å²) in [6.45, 7) is 0. The van der Waals surface area contributed by atoms with Crippen LogP contribution in [0.2, 0.25) is 0 Å². The van der Waals surface area contributed by atoms with Crippen molar-refractivity contribution < 1.29 is 19.8 Å². The van der Waals surface area contributed by atoms with Gasteiger partial charge in [0.2, 0.25) is 5.91 Å². The highest BCUT2D eigenvalue weighted by atomic mass is 16.4. The van der Waals surface area contributed by atoms with Crippen LogP contribution in [0.5, 0.6) is 0 Å². The minimum absolute atomic E-state index is 0.0790. The van der Waals surface area contributed by atoms with Gasteiger partial charge in [0.05, 0.1) is 18.1 Å². The second-order valence-electron chi connectivity index (χ2n) is 5.51. The monoisotopic (exact) mass is 255 g/mol. The molecule has 0 aromatic heterocycles. The third-order valence-corrected chi connectivity index (χ3v) is 4.21. The Morgan fingerprint density at radius 3 is 2.28 bits per heavy atom. The number of carboxylic acids is 1. The Kier molecular flexibility index (Phi) is 4.22. The Labute approximate surface area is 107 Å². The maximum absolute atomic E-state index is 12.0. The molecule has 0 heterocycles. The van der Waals surface area contributed by atoms with E-state index in [4.69, 9.17) is 5.11 Å². The molecule has 0 spiro atoms. The summed E-state index contributed by atoms with van der Waals surface area (Å²) >= 11 is 0. The summed E-state index contributed by atoms with van der Waals surface area (Å²) in [5, 5.41) is 21.6. The van der Waals surface area contributed by atoms with Gasteiger partial charge >= 0.3 is 5.97 Å². The molecule has 3 N–H and O–H groups in total. The van der Waals surface area contributed by atoms with E-state index in [0.717, 1.165) is 25.7 Å². The van der Waals surface area contributed by atoms with Gasteiger partial charge < -0.3 is 15.5 Å². The third-order valence-electron chi connectivity index (χ3n) is 4.21. The van der Waals surface area contributed by atoms with Gasteiger partial charge in [0.15, 0.2) is 0 Å². The van der Waals surface area contributed by atoms with Gasteiger partial charge in [0.1, 0.15) is 0 Å². The van der Waals surface area contributed by atoms with Gasteiger partial charge in [0, 0.05) is 5.92 Å². The second kappa shape index (κ2) is 5.69. The lowest BCUT2D eigenvalue weighted by molar-refractivity contribution is -0.141. The van der Waals surface area contributed by atoms with Crippen molar-refractivity contribution >= 4 is 11.9 Å². The van der Waals surface area contributed by atoms with Crippen LogP contribution in [0.4, 0.5) is 0 Å². The molecule has 5 nitrogen and oxygen atoms in total. The number of rotatable bonds is 3. The molecule has 2 saturated carbocycles. The molecule has 102 valence electrons. The van der Waals surface area contributed by atoms with Crippen LogP contribution in [-0.4, -0.2) is 34.2 Å². The normalized spacial score (nSPS) is 36.3. The van der Waals surface area contributed by atoms with Crippen LogP contribution in [-0.2, 0) is 9.59 Å². The average molecular weight is 255 g/mol. The molecule has 0 bridgehead atoms. The molecule has 5 heteroatoms. The van der Waals surface area contributed by atoms with E-state index in [1.807, 2.05) is 0 Å². The Morgan fingerprint density at radius 1 is 1.00 bits per heavy atom. The van der Waals surface area contributed by atoms with Gasteiger partial charge in [-0.1, -0.05) is 12.8 Å². The van der Waals surface area contributed by atoms with Gasteiger partial charge in [0.25, 0.3) is 0 Å². The van der Waals surface area contributed by atoms with Crippen molar-refractivity contribution in [2.75, 3.05) is 0 Å². The zero-order valence-corrected chi connectivity index (χ0v) is 10.5. The van der Waals surface area contributed by atoms with Crippen molar-refractivity contribution in [1.29, 1.82) is 0 Å². The lowest BCUT2D eigenvalue weighted by Crippen LogP contribution is -2.46. The van der Waals surface area contributed by atoms with Gasteiger partial charge in [-0.25, -0.2) is 0 Å². The fourth-order valence-electron chi connectivity index (χ4n) is 3.02. The number of nitrogens with one attached hydrogen (secondary N) is 1. The summed E-state index contributed by atoms with van der Waals surface area (Å²) in [5.41, 5.74) is 0. The topological polar surface area (TPSA) is 86.6 Å². The molecule has 0 unspecified atom stereocenters. The number of amides is 1. The number of hydrogen-bond acceptors (Lipinski definition) is 3. The average Bonchev–Trinajstić information content (AvgIpc) is 2.81. The molecule has 0 aliphatic heterocycles. The summed E-state index contributed by atoms with van der Waals surface area (Å²) in [6.07, 6.45) is 4.83. The van der Waals surface area contributed by atoms with Gasteiger partial charge in [-0.15, -0.1) is 0 Å². The Morgan fingerprint density at radius 2 is 1.67 bits per heavy atom. The summed E-state index contributed by atoms with van der Waals surface area (Å²) in [7, 11) is 0. The molecule has 18 heavy (non-hydrogen) atoms. The number of aliphatic hydroxyl groups excluding tert-OH is 1. The molecular weight excluding hydrogens is 234 g/mol. The van der Waals surface area contributed by atoms with E-state index < -0.39 is 12.1 Å². The zero-order valence-electron chi connectivity index (χ0n) is 10.5. The van der Waals surface area contributed by atoms with Crippen LogP contribution in [0.3, 0.4) is 0 Å². The first-order valence-electron chi connectivity index (χ1n) is 6.79. The van der Waals surface area contributed by atoms with Gasteiger partial charge in [-0.05, 0) is 32.1 Å². The van der Waals surface area contributed by atoms with Crippen LogP contribution in [0.15, 0.2) is 0 Å². The first-order chi connectivity index (χ1) is 8.58. The summed E-state index contributed by atoms with van der Waals surface area (Å²) < 4.78 is 0. The first-order valence-corrected chi connectivity index (χ1v) is 6.79. The zero-order chi connectivity index (χ0) is 13.1. The fraction of sp³-hybridized carbons (Fsp3) is 0.846. The van der Waals surface area contributed by atoms with E-state index in [1.165, 1.54) is 0 Å². The minimum Gasteiger partial charge on any atom is -0.481 e. The smallest absolute Gasteiger partial charge is 0.306 e. The molecule has 0 aromatic carbocycles. The largest absolute Gasteiger partial charge is 0.481 e. The fourth-order valence-corrected chi connectivity index (χ4v) is 3.02. The van der Waals surface area contributed by atoms with Crippen molar-refractivity contribution in [2.45, 2.75) is 57.1 Å². The van der Waals surface area contributed by atoms with E-state index in [9.17, 15) is 14.7 Å². The highest BCUT2D eigenvalue weighted by Gasteiger charge is 2.35. The van der Waals surface area contributed by atoms with Crippen LogP contribution in [0.1, 0.15) is 44.9 Å². The van der Waals surface area contributed by atoms with Crippen LogP contribution in [0.25, 0.3) is 0 Å². The maximum atomic E-state index is 12.0. The van der Waals surface area contributed by atoms with Crippen molar-refractivity contribution in [2.24, 2.45) is 11.8 Å². The molecule has 0 radical (unpaired) electrons. The molecule has 0 aromatic rings. The highest BCUT2D eigenvalue weighted by Crippen LogP contribution is 2.31. The Bertz CT molecular complexity index is 331. The lowest BCUT2D eigenvalue weighted by Gasteiger charge is -2.29. The van der Waals surface area contributed by atoms with Crippen LogP contribution in [0, 0.1) is 11.8 Å². The van der Waals surface area contributed by atoms with Crippen molar-refractivity contribution in [1.82, 2.24) is 5.32 Å². The molecule has 2 aliphatic carbocycles. The standard InChI is InChI=1S/C13H21NO4/c15-11-4-2-1-3-10(11)14-12(16)8-5-6-9(7-8)13(17)18/h8-11,15H,1-7H2,(H,14,16)(H,17,18)/t8-,9+,10+,11+/m1/s1. The van der Waals surface area contributed by atoms with Crippen LogP contribution >= 0.6 is 0 Å². The predicted molar refractivity (Wildman–Crippen MR) is 64.9 cm³/mol. The van der Waals surface area contributed by atoms with Crippen LogP contribution < -0.4 is 5.32 Å². The number of carboxylic acid groups (broad SMARTS) is 1. The minimum atomic E-state index is -0.803. The molecule has 2 aliphatic rings. The summed E-state index contributed by atoms with van der Waals surface area (Å²) in [4.78, 5) is 22.9. The van der Waals surface area contributed by atoms with Crippen molar-refractivity contribution in [3.8, 4) is 0 Å². The third kappa shape index (κ3) is 3.02. The molecular formula is C13H21NO4. The highest BCUT2D eigenvalue weighted by molar-refractivity contribution is 5.81. The van der Waals surface area contributed by atoms with E-state index >= 15 is 0 Å². The van der Waals surface area contributed by atoms with Crippen molar-refractivity contribution in [3.05, 3.63) is 0 Å². The maximum Gasteiger partial charge on any atom is 0.306 e. The quantitative estimate of drug-likeness (QED) is 0.699. The SMILES string of the molecule is O=C(O)[C@H]1CC[C@@H](C(=O)N[C@H]2CCCC[C@@H]2O)C1. The molecule has 0 saturated heterocycles. The lowest BCUT2D eigenvalue weighted by atomic mass is 9.92. The van der Waals surface area contributed by atoms with E-state index in [1.54, 1.807) is 0 Å². The number of hydrogen-bond donors (Lipinski definition) is 3.